The minimum atomic E-state index is -0.736. The number of carboxylic acid groups (broad SMARTS) is 1. The Hall–Kier alpha value is -2.40. The first-order valence-electron chi connectivity index (χ1n) is 11.0. The molecule has 0 saturated carbocycles. The number of hydrogen-bond donors (Lipinski definition) is 2. The van der Waals surface area contributed by atoms with Crippen molar-refractivity contribution in [2.75, 3.05) is 6.54 Å². The van der Waals surface area contributed by atoms with Gasteiger partial charge in [0.25, 0.3) is 0 Å². The zero-order chi connectivity index (χ0) is 21.5. The van der Waals surface area contributed by atoms with Crippen molar-refractivity contribution in [1.29, 1.82) is 0 Å². The van der Waals surface area contributed by atoms with Crippen LogP contribution in [0.1, 0.15) is 62.7 Å². The number of hydrogen-bond acceptors (Lipinski definition) is 4. The molecule has 5 nitrogen and oxygen atoms in total. The van der Waals surface area contributed by atoms with Crippen molar-refractivity contribution < 1.29 is 19.4 Å². The lowest BCUT2D eigenvalue weighted by molar-refractivity contribution is -0.137. The van der Waals surface area contributed by atoms with Gasteiger partial charge < -0.3 is 15.2 Å². The molecular formula is C25H33NO4. The van der Waals surface area contributed by atoms with E-state index in [0.29, 0.717) is 36.0 Å². The van der Waals surface area contributed by atoms with Crippen LogP contribution in [-0.2, 0) is 9.53 Å². The van der Waals surface area contributed by atoms with Gasteiger partial charge in [-0.3, -0.25) is 9.59 Å². The zero-order valence-corrected chi connectivity index (χ0v) is 18.0. The molecule has 162 valence electrons. The van der Waals surface area contributed by atoms with Crippen molar-refractivity contribution in [3.8, 4) is 0 Å². The summed E-state index contributed by atoms with van der Waals surface area (Å²) in [7, 11) is 0. The summed E-state index contributed by atoms with van der Waals surface area (Å²) in [5, 5.41) is 12.2. The standard InChI is InChI=1S/C25H33NO4/c1-17(25(29)19-10-6-5-7-11-19)18(2)26-16-21-20(22-14-15-23(21)30-22)12-8-3-4-9-13-24(27)28/h3,5-8,10-11,20-23,26H,4,9,12-16H2,1-2H3,(H,27,28)/b8-3-,18-17?/t20-,21+,22-,23+/m0/s1. The van der Waals surface area contributed by atoms with Crippen LogP contribution in [0.15, 0.2) is 53.8 Å². The van der Waals surface area contributed by atoms with E-state index in [1.165, 1.54) is 0 Å². The summed E-state index contributed by atoms with van der Waals surface area (Å²) in [5.74, 6) is 0.234. The van der Waals surface area contributed by atoms with Gasteiger partial charge in [0.05, 0.1) is 12.2 Å². The molecule has 2 N–H and O–H groups in total. The lowest BCUT2D eigenvalue weighted by Gasteiger charge is -2.28. The molecule has 3 rings (SSSR count). The molecule has 5 heteroatoms. The van der Waals surface area contributed by atoms with Crippen molar-refractivity contribution >= 4 is 11.8 Å². The number of unbranched alkanes of at least 4 members (excludes halogenated alkanes) is 1. The molecule has 1 aromatic carbocycles. The first-order valence-corrected chi connectivity index (χ1v) is 11.0. The minimum absolute atomic E-state index is 0.0608. The fourth-order valence-corrected chi connectivity index (χ4v) is 4.60. The van der Waals surface area contributed by atoms with E-state index in [2.05, 4.69) is 17.5 Å². The summed E-state index contributed by atoms with van der Waals surface area (Å²) in [5.41, 5.74) is 2.39. The Morgan fingerprint density at radius 2 is 1.80 bits per heavy atom. The van der Waals surface area contributed by atoms with Gasteiger partial charge in [-0.25, -0.2) is 0 Å². The Morgan fingerprint density at radius 1 is 1.10 bits per heavy atom. The molecule has 2 bridgehead atoms. The maximum atomic E-state index is 12.7. The summed E-state index contributed by atoms with van der Waals surface area (Å²) in [4.78, 5) is 23.3. The van der Waals surface area contributed by atoms with Crippen LogP contribution in [-0.4, -0.2) is 35.6 Å². The van der Waals surface area contributed by atoms with Gasteiger partial charge in [-0.2, -0.15) is 0 Å². The van der Waals surface area contributed by atoms with E-state index >= 15 is 0 Å². The van der Waals surface area contributed by atoms with Crippen LogP contribution in [0.5, 0.6) is 0 Å². The summed E-state index contributed by atoms with van der Waals surface area (Å²) in [6.07, 6.45) is 9.82. The molecule has 0 amide bonds. The first kappa shape index (κ1) is 22.3. The molecule has 0 spiro atoms. The molecule has 0 unspecified atom stereocenters. The van der Waals surface area contributed by atoms with Crippen LogP contribution >= 0.6 is 0 Å². The number of carboxylic acids is 1. The van der Waals surface area contributed by atoms with E-state index < -0.39 is 5.97 Å². The van der Waals surface area contributed by atoms with Gasteiger partial charge in [0.2, 0.25) is 0 Å². The van der Waals surface area contributed by atoms with Crippen LogP contribution in [0.3, 0.4) is 0 Å². The van der Waals surface area contributed by atoms with Crippen molar-refractivity contribution in [3.63, 3.8) is 0 Å². The number of aliphatic carboxylic acids is 1. The Labute approximate surface area is 179 Å². The number of ketones is 1. The maximum absolute atomic E-state index is 12.7. The summed E-state index contributed by atoms with van der Waals surface area (Å²) >= 11 is 0. The first-order chi connectivity index (χ1) is 14.5. The Balaban J connectivity index is 1.54. The molecule has 30 heavy (non-hydrogen) atoms. The number of ether oxygens (including phenoxy) is 1. The second-order valence-electron chi connectivity index (χ2n) is 8.44. The van der Waals surface area contributed by atoms with Gasteiger partial charge in [0, 0.05) is 35.7 Å². The molecule has 2 heterocycles. The van der Waals surface area contributed by atoms with E-state index in [-0.39, 0.29) is 12.2 Å². The topological polar surface area (TPSA) is 75.6 Å². The SMILES string of the molecule is CC(NC[C@@H]1[C@H](C/C=C\CCCC(=O)O)[C@@H]2CC[C@H]1O2)=C(C)C(=O)c1ccccc1. The highest BCUT2D eigenvalue weighted by atomic mass is 16.5. The lowest BCUT2D eigenvalue weighted by atomic mass is 9.77. The number of carbonyl (C=O) groups excluding carboxylic acids is 1. The Morgan fingerprint density at radius 3 is 2.50 bits per heavy atom. The number of benzene rings is 1. The van der Waals surface area contributed by atoms with Crippen molar-refractivity contribution in [3.05, 3.63) is 59.3 Å². The molecule has 0 aliphatic carbocycles. The second-order valence-corrected chi connectivity index (χ2v) is 8.44. The highest BCUT2D eigenvalue weighted by Crippen LogP contribution is 2.45. The molecule has 2 saturated heterocycles. The van der Waals surface area contributed by atoms with Crippen LogP contribution in [0.25, 0.3) is 0 Å². The number of carbonyl (C=O) groups is 2. The zero-order valence-electron chi connectivity index (χ0n) is 18.0. The highest BCUT2D eigenvalue weighted by molar-refractivity contribution is 6.08. The van der Waals surface area contributed by atoms with Gasteiger partial charge in [0.1, 0.15) is 0 Å². The van der Waals surface area contributed by atoms with Gasteiger partial charge in [-0.1, -0.05) is 42.5 Å². The third-order valence-corrected chi connectivity index (χ3v) is 6.47. The molecule has 1 aromatic rings. The average Bonchev–Trinajstić information content (AvgIpc) is 3.35. The number of fused-ring (bicyclic) bond motifs is 2. The van der Waals surface area contributed by atoms with Crippen LogP contribution in [0.4, 0.5) is 0 Å². The summed E-state index contributed by atoms with van der Waals surface area (Å²) in [6, 6.07) is 9.38. The molecule has 2 fully saturated rings. The number of allylic oxidation sites excluding steroid dienone is 4. The number of nitrogens with one attached hydrogen (secondary N) is 1. The van der Waals surface area contributed by atoms with Gasteiger partial charge in [-0.05, 0) is 51.9 Å². The van der Waals surface area contributed by atoms with Crippen molar-refractivity contribution in [1.82, 2.24) is 5.32 Å². The normalized spacial score (nSPS) is 26.1. The Bertz CT molecular complexity index is 799. The largest absolute Gasteiger partial charge is 0.481 e. The molecule has 4 atom stereocenters. The number of Topliss-reactive ketones (excluding diaryl/α,β-unsaturated/α-hetero) is 1. The van der Waals surface area contributed by atoms with Crippen LogP contribution < -0.4 is 5.32 Å². The number of rotatable bonds is 11. The fraction of sp³-hybridized carbons (Fsp3) is 0.520. The smallest absolute Gasteiger partial charge is 0.303 e. The van der Waals surface area contributed by atoms with Gasteiger partial charge in [0.15, 0.2) is 5.78 Å². The molecule has 2 aliphatic heterocycles. The quantitative estimate of drug-likeness (QED) is 0.238. The monoisotopic (exact) mass is 411 g/mol. The van der Waals surface area contributed by atoms with E-state index in [1.807, 2.05) is 44.2 Å². The second kappa shape index (κ2) is 10.6. The van der Waals surface area contributed by atoms with Crippen molar-refractivity contribution in [2.24, 2.45) is 11.8 Å². The van der Waals surface area contributed by atoms with E-state index in [0.717, 1.165) is 43.5 Å². The van der Waals surface area contributed by atoms with Gasteiger partial charge >= 0.3 is 5.97 Å². The van der Waals surface area contributed by atoms with E-state index in [1.54, 1.807) is 0 Å². The van der Waals surface area contributed by atoms with Crippen LogP contribution in [0, 0.1) is 11.8 Å². The molecule has 0 radical (unpaired) electrons. The summed E-state index contributed by atoms with van der Waals surface area (Å²) in [6.45, 7) is 4.66. The third-order valence-electron chi connectivity index (χ3n) is 6.47. The van der Waals surface area contributed by atoms with E-state index in [9.17, 15) is 9.59 Å². The summed E-state index contributed by atoms with van der Waals surface area (Å²) < 4.78 is 6.18. The fourth-order valence-electron chi connectivity index (χ4n) is 4.60. The molecular weight excluding hydrogens is 378 g/mol. The maximum Gasteiger partial charge on any atom is 0.303 e. The Kier molecular flexibility index (Phi) is 7.86. The predicted molar refractivity (Wildman–Crippen MR) is 117 cm³/mol. The molecule has 2 aliphatic rings. The van der Waals surface area contributed by atoms with Crippen molar-refractivity contribution in [2.45, 2.75) is 64.6 Å². The lowest BCUT2D eigenvalue weighted by Crippen LogP contribution is -2.35. The predicted octanol–water partition coefficient (Wildman–Crippen LogP) is 4.75. The molecule has 0 aromatic heterocycles. The average molecular weight is 412 g/mol. The van der Waals surface area contributed by atoms with Gasteiger partial charge in [-0.15, -0.1) is 0 Å². The van der Waals surface area contributed by atoms with E-state index in [4.69, 9.17) is 9.84 Å². The third kappa shape index (κ3) is 5.60. The minimum Gasteiger partial charge on any atom is -0.481 e. The van der Waals surface area contributed by atoms with Crippen LogP contribution in [0.2, 0.25) is 0 Å². The highest BCUT2D eigenvalue weighted by Gasteiger charge is 2.47.